The Bertz CT molecular complexity index is 1030. The molecule has 28 heavy (non-hydrogen) atoms. The number of carbonyl (C=O) groups is 1. The molecule has 1 amide bonds. The van der Waals surface area contributed by atoms with Gasteiger partial charge in [-0.3, -0.25) is 9.69 Å². The molecule has 1 aliphatic rings. The Morgan fingerprint density at radius 1 is 0.857 bits per heavy atom. The van der Waals surface area contributed by atoms with Crippen LogP contribution < -0.4 is 4.90 Å². The Balaban J connectivity index is 1.75. The zero-order valence-electron chi connectivity index (χ0n) is 15.1. The van der Waals surface area contributed by atoms with Gasteiger partial charge >= 0.3 is 0 Å². The van der Waals surface area contributed by atoms with Crippen LogP contribution in [0.25, 0.3) is 6.08 Å². The van der Waals surface area contributed by atoms with E-state index in [-0.39, 0.29) is 11.3 Å². The number of benzene rings is 3. The van der Waals surface area contributed by atoms with Gasteiger partial charge in [-0.15, -0.1) is 0 Å². The summed E-state index contributed by atoms with van der Waals surface area (Å²) in [4.78, 5) is 15.8. The van der Waals surface area contributed by atoms with Gasteiger partial charge in [0.2, 0.25) is 0 Å². The van der Waals surface area contributed by atoms with E-state index < -0.39 is 0 Å². The van der Waals surface area contributed by atoms with Gasteiger partial charge in [0.05, 0.1) is 4.91 Å². The van der Waals surface area contributed by atoms with Crippen LogP contribution in [-0.2, 0) is 4.79 Å². The molecule has 0 spiro atoms. The molecule has 0 aromatic heterocycles. The van der Waals surface area contributed by atoms with E-state index >= 15 is 0 Å². The summed E-state index contributed by atoms with van der Waals surface area (Å²) in [5, 5.41) is 1.20. The molecule has 0 saturated carbocycles. The second kappa shape index (κ2) is 8.04. The van der Waals surface area contributed by atoms with Crippen molar-refractivity contribution < 1.29 is 4.79 Å². The molecule has 0 unspecified atom stereocenters. The van der Waals surface area contributed by atoms with Crippen LogP contribution in [-0.4, -0.2) is 5.91 Å². The van der Waals surface area contributed by atoms with Crippen LogP contribution >= 0.6 is 35.0 Å². The average Bonchev–Trinajstić information content (AvgIpc) is 3.01. The van der Waals surface area contributed by atoms with Crippen molar-refractivity contribution in [3.05, 3.63) is 104 Å². The maximum Gasteiger partial charge on any atom is 0.266 e. The number of rotatable bonds is 3. The number of halogens is 2. The van der Waals surface area contributed by atoms with E-state index in [4.69, 9.17) is 23.2 Å². The average molecular weight is 426 g/mol. The minimum absolute atomic E-state index is 0.0104. The number of carbonyl (C=O) groups excluding carboxylic acids is 1. The van der Waals surface area contributed by atoms with Crippen molar-refractivity contribution in [2.24, 2.45) is 0 Å². The SMILES string of the molecule is Cc1ccc(N2C(=O)/C(=C\c3ccc(Cl)cc3)S[C@H]2c2ccc(Cl)cc2)cc1. The minimum Gasteiger partial charge on any atom is -0.291 e. The number of hydrogen-bond donors (Lipinski definition) is 0. The number of anilines is 1. The van der Waals surface area contributed by atoms with Gasteiger partial charge in [-0.25, -0.2) is 0 Å². The molecule has 0 aliphatic carbocycles. The maximum atomic E-state index is 13.3. The number of amides is 1. The molecule has 1 saturated heterocycles. The molecule has 4 rings (SSSR count). The van der Waals surface area contributed by atoms with Gasteiger partial charge in [0.15, 0.2) is 0 Å². The molecule has 0 radical (unpaired) electrons. The normalized spacial score (nSPS) is 18.1. The van der Waals surface area contributed by atoms with Crippen LogP contribution in [0.1, 0.15) is 22.1 Å². The Morgan fingerprint density at radius 3 is 2.04 bits per heavy atom. The number of thioether (sulfide) groups is 1. The summed E-state index contributed by atoms with van der Waals surface area (Å²) in [5.74, 6) is -0.0104. The van der Waals surface area contributed by atoms with E-state index in [0.717, 1.165) is 22.4 Å². The summed E-state index contributed by atoms with van der Waals surface area (Å²) in [6, 6.07) is 23.2. The van der Waals surface area contributed by atoms with Crippen molar-refractivity contribution in [3.63, 3.8) is 0 Å². The van der Waals surface area contributed by atoms with Crippen molar-refractivity contribution >= 4 is 52.6 Å². The lowest BCUT2D eigenvalue weighted by molar-refractivity contribution is -0.114. The fourth-order valence-corrected chi connectivity index (χ4v) is 4.57. The number of aryl methyl sites for hydroxylation is 1. The molecule has 2 nitrogen and oxygen atoms in total. The molecule has 140 valence electrons. The molecule has 1 aliphatic heterocycles. The first-order valence-corrected chi connectivity index (χ1v) is 10.4. The molecule has 1 atom stereocenters. The lowest BCUT2D eigenvalue weighted by Crippen LogP contribution is -2.27. The highest BCUT2D eigenvalue weighted by Crippen LogP contribution is 2.48. The van der Waals surface area contributed by atoms with Gasteiger partial charge in [-0.1, -0.05) is 76.9 Å². The third kappa shape index (κ3) is 3.97. The van der Waals surface area contributed by atoms with Crippen molar-refractivity contribution in [1.29, 1.82) is 0 Å². The van der Waals surface area contributed by atoms with Gasteiger partial charge in [0, 0.05) is 15.7 Å². The molecule has 1 fully saturated rings. The quantitative estimate of drug-likeness (QED) is 0.416. The lowest BCUT2D eigenvalue weighted by atomic mass is 10.1. The summed E-state index contributed by atoms with van der Waals surface area (Å²) in [5.41, 5.74) is 4.01. The second-order valence-corrected chi connectivity index (χ2v) is 8.59. The molecular formula is C23H17Cl2NOS. The van der Waals surface area contributed by atoms with Crippen LogP contribution in [0.3, 0.4) is 0 Å². The predicted molar refractivity (Wildman–Crippen MR) is 120 cm³/mol. The number of hydrogen-bond acceptors (Lipinski definition) is 2. The minimum atomic E-state index is -0.147. The van der Waals surface area contributed by atoms with Gasteiger partial charge in [0.25, 0.3) is 5.91 Å². The summed E-state index contributed by atoms with van der Waals surface area (Å²) < 4.78 is 0. The first-order chi connectivity index (χ1) is 13.5. The van der Waals surface area contributed by atoms with Crippen molar-refractivity contribution in [2.75, 3.05) is 4.90 Å². The fourth-order valence-electron chi connectivity index (χ4n) is 3.06. The van der Waals surface area contributed by atoms with Crippen LogP contribution in [0, 0.1) is 6.92 Å². The van der Waals surface area contributed by atoms with Crippen LogP contribution in [0.4, 0.5) is 5.69 Å². The molecule has 0 bridgehead atoms. The van der Waals surface area contributed by atoms with E-state index in [1.807, 2.05) is 90.7 Å². The van der Waals surface area contributed by atoms with Gasteiger partial charge in [0.1, 0.15) is 5.37 Å². The largest absolute Gasteiger partial charge is 0.291 e. The van der Waals surface area contributed by atoms with E-state index in [1.165, 1.54) is 0 Å². The van der Waals surface area contributed by atoms with Crippen LogP contribution in [0.5, 0.6) is 0 Å². The van der Waals surface area contributed by atoms with E-state index in [1.54, 1.807) is 11.8 Å². The van der Waals surface area contributed by atoms with Crippen LogP contribution in [0.2, 0.25) is 10.0 Å². The molecular weight excluding hydrogens is 409 g/mol. The highest BCUT2D eigenvalue weighted by atomic mass is 35.5. The first kappa shape index (κ1) is 19.1. The molecule has 3 aromatic rings. The van der Waals surface area contributed by atoms with Crippen LogP contribution in [0.15, 0.2) is 77.7 Å². The van der Waals surface area contributed by atoms with Gasteiger partial charge < -0.3 is 0 Å². The Labute approximate surface area is 178 Å². The predicted octanol–water partition coefficient (Wildman–Crippen LogP) is 7.12. The molecule has 0 N–H and O–H groups in total. The number of nitrogens with zero attached hydrogens (tertiary/aromatic N) is 1. The smallest absolute Gasteiger partial charge is 0.266 e. The highest BCUT2D eigenvalue weighted by molar-refractivity contribution is 8.05. The van der Waals surface area contributed by atoms with Crippen molar-refractivity contribution in [1.82, 2.24) is 0 Å². The zero-order chi connectivity index (χ0) is 19.7. The Morgan fingerprint density at radius 2 is 1.43 bits per heavy atom. The lowest BCUT2D eigenvalue weighted by Gasteiger charge is -2.24. The topological polar surface area (TPSA) is 20.3 Å². The van der Waals surface area contributed by atoms with E-state index in [0.29, 0.717) is 15.0 Å². The van der Waals surface area contributed by atoms with Gasteiger partial charge in [-0.2, -0.15) is 0 Å². The zero-order valence-corrected chi connectivity index (χ0v) is 17.4. The highest BCUT2D eigenvalue weighted by Gasteiger charge is 2.38. The second-order valence-electron chi connectivity index (χ2n) is 6.59. The third-order valence-electron chi connectivity index (χ3n) is 4.54. The molecule has 5 heteroatoms. The summed E-state index contributed by atoms with van der Waals surface area (Å²) in [6.45, 7) is 2.03. The fraction of sp³-hybridized carbons (Fsp3) is 0.0870. The van der Waals surface area contributed by atoms with E-state index in [9.17, 15) is 4.79 Å². The first-order valence-electron chi connectivity index (χ1n) is 8.81. The maximum absolute atomic E-state index is 13.3. The van der Waals surface area contributed by atoms with Crippen molar-refractivity contribution in [3.8, 4) is 0 Å². The third-order valence-corrected chi connectivity index (χ3v) is 6.29. The van der Waals surface area contributed by atoms with Crippen molar-refractivity contribution in [2.45, 2.75) is 12.3 Å². The Kier molecular flexibility index (Phi) is 5.49. The molecule has 1 heterocycles. The Hall–Kier alpha value is -2.20. The van der Waals surface area contributed by atoms with E-state index in [2.05, 4.69) is 0 Å². The summed E-state index contributed by atoms with van der Waals surface area (Å²) in [7, 11) is 0. The van der Waals surface area contributed by atoms with Gasteiger partial charge in [-0.05, 0) is 60.5 Å². The monoisotopic (exact) mass is 425 g/mol. The standard InChI is InChI=1S/C23H17Cl2NOS/c1-15-2-12-20(13-3-15)26-22(27)21(14-16-4-8-18(24)9-5-16)28-23(26)17-6-10-19(25)11-7-17/h2-14,23H,1H3/b21-14+/t23-/m0/s1. The summed E-state index contributed by atoms with van der Waals surface area (Å²) in [6.07, 6.45) is 1.92. The molecule has 3 aromatic carbocycles. The summed E-state index contributed by atoms with van der Waals surface area (Å²) >= 11 is 13.6.